The summed E-state index contributed by atoms with van der Waals surface area (Å²) >= 11 is 0. The summed E-state index contributed by atoms with van der Waals surface area (Å²) in [6.07, 6.45) is 0.339. The summed E-state index contributed by atoms with van der Waals surface area (Å²) in [5.74, 6) is -6.12. The van der Waals surface area contributed by atoms with Crippen LogP contribution in [0.25, 0.3) is 10.8 Å². The van der Waals surface area contributed by atoms with E-state index < -0.39 is 41.4 Å². The van der Waals surface area contributed by atoms with E-state index in [0.717, 1.165) is 10.8 Å². The van der Waals surface area contributed by atoms with E-state index in [2.05, 4.69) is 4.99 Å². The molecular formula is C23H21NO5. The Morgan fingerprint density at radius 2 is 1.66 bits per heavy atom. The van der Waals surface area contributed by atoms with Crippen molar-refractivity contribution in [3.63, 3.8) is 0 Å². The van der Waals surface area contributed by atoms with Crippen molar-refractivity contribution in [1.29, 1.82) is 0 Å². The molecule has 0 radical (unpaired) electrons. The van der Waals surface area contributed by atoms with Gasteiger partial charge in [0.1, 0.15) is 11.8 Å². The van der Waals surface area contributed by atoms with Crippen molar-refractivity contribution in [2.24, 2.45) is 22.7 Å². The third kappa shape index (κ3) is 3.05. The smallest absolute Gasteiger partial charge is 0.314 e. The Bertz CT molecular complexity index is 1110. The molecule has 4 rings (SSSR count). The Morgan fingerprint density at radius 3 is 2.31 bits per heavy atom. The minimum absolute atomic E-state index is 0.240. The van der Waals surface area contributed by atoms with Gasteiger partial charge in [-0.25, -0.2) is 0 Å². The van der Waals surface area contributed by atoms with Crippen molar-refractivity contribution in [2.45, 2.75) is 26.2 Å². The van der Waals surface area contributed by atoms with E-state index in [1.807, 2.05) is 42.5 Å². The summed E-state index contributed by atoms with van der Waals surface area (Å²) in [7, 11) is 0. The third-order valence-corrected chi connectivity index (χ3v) is 6.01. The number of carbonyl (C=O) groups excluding carboxylic acids is 1. The first-order valence-corrected chi connectivity index (χ1v) is 9.56. The van der Waals surface area contributed by atoms with Gasteiger partial charge in [0.15, 0.2) is 5.78 Å². The van der Waals surface area contributed by atoms with Crippen LogP contribution in [0.4, 0.5) is 0 Å². The highest BCUT2D eigenvalue weighted by atomic mass is 16.4. The number of allylic oxidation sites excluding steroid dienone is 2. The molecule has 1 aliphatic heterocycles. The molecule has 29 heavy (non-hydrogen) atoms. The lowest BCUT2D eigenvalue weighted by Crippen LogP contribution is -2.42. The monoisotopic (exact) mass is 391 g/mol. The summed E-state index contributed by atoms with van der Waals surface area (Å²) in [5, 5.41) is 21.5. The van der Waals surface area contributed by atoms with Crippen molar-refractivity contribution in [3.8, 4) is 0 Å². The number of carboxylic acid groups (broad SMARTS) is 2. The maximum absolute atomic E-state index is 13.2. The molecule has 0 fully saturated rings. The minimum Gasteiger partial charge on any atom is -0.481 e. The number of Topliss-reactive ketones (excluding diaryl/α,β-unsaturated/α-hetero) is 1. The first-order chi connectivity index (χ1) is 13.8. The number of hydrogen-bond donors (Lipinski definition) is 2. The van der Waals surface area contributed by atoms with Gasteiger partial charge in [0.25, 0.3) is 0 Å². The predicted molar refractivity (Wildman–Crippen MR) is 108 cm³/mol. The molecule has 0 bridgehead atoms. The van der Waals surface area contributed by atoms with Crippen molar-refractivity contribution < 1.29 is 24.6 Å². The highest BCUT2D eigenvalue weighted by Gasteiger charge is 2.48. The number of carboxylic acids is 2. The number of rotatable bonds is 3. The number of nitrogens with zero attached hydrogens (tertiary/aromatic N) is 1. The van der Waals surface area contributed by atoms with E-state index in [0.29, 0.717) is 23.4 Å². The molecule has 4 atom stereocenters. The van der Waals surface area contributed by atoms with Gasteiger partial charge in [-0.05, 0) is 35.6 Å². The Hall–Kier alpha value is -3.28. The SMILES string of the molecule is CC1=NC2=C(C(=O)C(C(=O)O)C(C)C2)C(c2ccc3ccccc3c2)C1C(=O)O. The molecule has 2 aliphatic rings. The van der Waals surface area contributed by atoms with Gasteiger partial charge in [-0.1, -0.05) is 49.4 Å². The minimum atomic E-state index is -1.18. The van der Waals surface area contributed by atoms with E-state index in [4.69, 9.17) is 0 Å². The van der Waals surface area contributed by atoms with E-state index in [1.54, 1.807) is 13.8 Å². The van der Waals surface area contributed by atoms with Crippen molar-refractivity contribution in [2.75, 3.05) is 0 Å². The van der Waals surface area contributed by atoms with Crippen LogP contribution in [0.2, 0.25) is 0 Å². The van der Waals surface area contributed by atoms with Gasteiger partial charge < -0.3 is 10.2 Å². The van der Waals surface area contributed by atoms with Gasteiger partial charge >= 0.3 is 11.9 Å². The van der Waals surface area contributed by atoms with Crippen LogP contribution < -0.4 is 0 Å². The first kappa shape index (κ1) is 19.1. The fraction of sp³-hybridized carbons (Fsp3) is 0.304. The van der Waals surface area contributed by atoms with E-state index in [9.17, 15) is 24.6 Å². The van der Waals surface area contributed by atoms with Gasteiger partial charge in [0, 0.05) is 22.9 Å². The zero-order valence-corrected chi connectivity index (χ0v) is 16.1. The zero-order valence-electron chi connectivity index (χ0n) is 16.1. The quantitative estimate of drug-likeness (QED) is 0.777. The first-order valence-electron chi connectivity index (χ1n) is 9.56. The van der Waals surface area contributed by atoms with Crippen LogP contribution in [0.3, 0.4) is 0 Å². The molecule has 6 nitrogen and oxygen atoms in total. The number of carbonyl (C=O) groups is 3. The average Bonchev–Trinajstić information content (AvgIpc) is 2.65. The highest BCUT2D eigenvalue weighted by molar-refractivity contribution is 6.14. The molecular weight excluding hydrogens is 370 g/mol. The number of fused-ring (bicyclic) bond motifs is 1. The topological polar surface area (TPSA) is 104 Å². The molecule has 2 aromatic carbocycles. The van der Waals surface area contributed by atoms with Gasteiger partial charge in [-0.15, -0.1) is 0 Å². The van der Waals surface area contributed by atoms with Crippen LogP contribution in [0.15, 0.2) is 58.7 Å². The lowest BCUT2D eigenvalue weighted by atomic mass is 9.67. The molecule has 148 valence electrons. The second-order valence-electron chi connectivity index (χ2n) is 7.88. The Morgan fingerprint density at radius 1 is 1.00 bits per heavy atom. The number of aliphatic imine (C=N–C) groups is 1. The van der Waals surface area contributed by atoms with Crippen molar-refractivity contribution in [1.82, 2.24) is 0 Å². The van der Waals surface area contributed by atoms with Crippen LogP contribution in [0.5, 0.6) is 0 Å². The lowest BCUT2D eigenvalue weighted by molar-refractivity contribution is -0.147. The third-order valence-electron chi connectivity index (χ3n) is 6.01. The van der Waals surface area contributed by atoms with Gasteiger partial charge in [-0.3, -0.25) is 19.4 Å². The standard InChI is InChI=1S/C23H21NO5/c1-11-9-16-20(21(25)17(11)22(26)27)19(18(23(28)29)12(2)24-16)15-8-7-13-5-3-4-6-14(13)10-15/h3-8,10-11,17-19H,9H2,1-2H3,(H,26,27)(H,28,29). The normalized spacial score (nSPS) is 26.8. The maximum Gasteiger partial charge on any atom is 0.314 e. The summed E-state index contributed by atoms with van der Waals surface area (Å²) < 4.78 is 0. The summed E-state index contributed by atoms with van der Waals surface area (Å²) in [6.45, 7) is 3.38. The predicted octanol–water partition coefficient (Wildman–Crippen LogP) is 3.66. The number of ketones is 1. The lowest BCUT2D eigenvalue weighted by Gasteiger charge is -2.37. The van der Waals surface area contributed by atoms with Crippen LogP contribution in [-0.4, -0.2) is 33.6 Å². The molecule has 0 spiro atoms. The summed E-state index contributed by atoms with van der Waals surface area (Å²) in [5.41, 5.74) is 1.88. The average molecular weight is 391 g/mol. The fourth-order valence-electron chi connectivity index (χ4n) is 4.67. The molecule has 0 saturated carbocycles. The second-order valence-corrected chi connectivity index (χ2v) is 7.88. The molecule has 2 aromatic rings. The molecule has 4 unspecified atom stereocenters. The highest BCUT2D eigenvalue weighted by Crippen LogP contribution is 2.46. The fourth-order valence-corrected chi connectivity index (χ4v) is 4.67. The number of hydrogen-bond acceptors (Lipinski definition) is 4. The molecule has 1 heterocycles. The number of benzene rings is 2. The van der Waals surface area contributed by atoms with Crippen LogP contribution in [0.1, 0.15) is 31.7 Å². The van der Waals surface area contributed by atoms with Crippen LogP contribution >= 0.6 is 0 Å². The summed E-state index contributed by atoms with van der Waals surface area (Å²) in [6, 6.07) is 13.3. The molecule has 1 aliphatic carbocycles. The molecule has 0 saturated heterocycles. The van der Waals surface area contributed by atoms with Crippen molar-refractivity contribution in [3.05, 3.63) is 59.3 Å². The second kappa shape index (κ2) is 6.95. The van der Waals surface area contributed by atoms with Crippen LogP contribution in [-0.2, 0) is 14.4 Å². The molecule has 0 amide bonds. The zero-order chi connectivity index (χ0) is 20.9. The maximum atomic E-state index is 13.2. The number of aliphatic carboxylic acids is 2. The van der Waals surface area contributed by atoms with Gasteiger partial charge in [-0.2, -0.15) is 0 Å². The van der Waals surface area contributed by atoms with Gasteiger partial charge in [0.2, 0.25) is 0 Å². The van der Waals surface area contributed by atoms with Crippen LogP contribution in [0, 0.1) is 17.8 Å². The largest absolute Gasteiger partial charge is 0.481 e. The Kier molecular flexibility index (Phi) is 4.57. The molecule has 6 heteroatoms. The van der Waals surface area contributed by atoms with Crippen molar-refractivity contribution >= 4 is 34.2 Å². The Labute approximate surface area is 167 Å². The van der Waals surface area contributed by atoms with E-state index in [-0.39, 0.29) is 5.57 Å². The Balaban J connectivity index is 1.94. The molecule has 2 N–H and O–H groups in total. The summed E-state index contributed by atoms with van der Waals surface area (Å²) in [4.78, 5) is 41.6. The van der Waals surface area contributed by atoms with E-state index in [1.165, 1.54) is 0 Å². The molecule has 0 aromatic heterocycles. The van der Waals surface area contributed by atoms with E-state index >= 15 is 0 Å². The van der Waals surface area contributed by atoms with Gasteiger partial charge in [0.05, 0.1) is 0 Å².